The summed E-state index contributed by atoms with van der Waals surface area (Å²) in [5, 5.41) is 0. The van der Waals surface area contributed by atoms with Crippen molar-refractivity contribution in [3.8, 4) is 22.5 Å². The Morgan fingerprint density at radius 3 is 1.90 bits per heavy atom. The average Bonchev–Trinajstić information content (AvgIpc) is 2.80. The summed E-state index contributed by atoms with van der Waals surface area (Å²) in [6, 6.07) is 13.5. The molecule has 31 heavy (non-hydrogen) atoms. The van der Waals surface area contributed by atoms with Crippen LogP contribution in [0.15, 0.2) is 54.9 Å². The monoisotopic (exact) mass is 418 g/mol. The van der Waals surface area contributed by atoms with Gasteiger partial charge in [-0.15, -0.1) is 0 Å². The Morgan fingerprint density at radius 2 is 1.23 bits per heavy atom. The van der Waals surface area contributed by atoms with E-state index in [-0.39, 0.29) is 5.82 Å². The van der Waals surface area contributed by atoms with Crippen LogP contribution in [0.5, 0.6) is 0 Å². The molecular formula is C28H35FN2. The van der Waals surface area contributed by atoms with E-state index in [1.807, 2.05) is 42.7 Å². The van der Waals surface area contributed by atoms with Crippen molar-refractivity contribution in [1.82, 2.24) is 9.97 Å². The van der Waals surface area contributed by atoms with Gasteiger partial charge in [-0.05, 0) is 48.4 Å². The van der Waals surface area contributed by atoms with Crippen molar-refractivity contribution in [3.05, 3.63) is 71.8 Å². The Balaban J connectivity index is 1.61. The van der Waals surface area contributed by atoms with Crippen LogP contribution in [0.2, 0.25) is 0 Å². The minimum absolute atomic E-state index is 0.147. The Kier molecular flexibility index (Phi) is 9.20. The molecule has 0 fully saturated rings. The Bertz CT molecular complexity index is 917. The van der Waals surface area contributed by atoms with Crippen molar-refractivity contribution in [2.75, 3.05) is 0 Å². The predicted molar refractivity (Wildman–Crippen MR) is 129 cm³/mol. The van der Waals surface area contributed by atoms with E-state index in [0.29, 0.717) is 11.4 Å². The smallest absolute Gasteiger partial charge is 0.159 e. The normalized spacial score (nSPS) is 11.1. The molecule has 2 aromatic carbocycles. The quantitative estimate of drug-likeness (QED) is 0.277. The van der Waals surface area contributed by atoms with Crippen molar-refractivity contribution >= 4 is 0 Å². The topological polar surface area (TPSA) is 25.8 Å². The van der Waals surface area contributed by atoms with Crippen LogP contribution in [0.25, 0.3) is 22.5 Å². The molecule has 0 aliphatic rings. The highest BCUT2D eigenvalue weighted by Gasteiger charge is 2.08. The number of unbranched alkanes of at least 4 members (excludes halogenated alkanes) is 6. The summed E-state index contributed by atoms with van der Waals surface area (Å²) in [4.78, 5) is 9.04. The third kappa shape index (κ3) is 6.99. The van der Waals surface area contributed by atoms with E-state index in [2.05, 4.69) is 29.9 Å². The molecule has 0 spiro atoms. The van der Waals surface area contributed by atoms with Crippen LogP contribution in [-0.2, 0) is 12.8 Å². The SMILES string of the molecule is CCCCCCCc1ccc(-c2ccc(-c3ncc(CCCCC)cn3)cc2)c(F)c1. The lowest BCUT2D eigenvalue weighted by Gasteiger charge is -2.08. The van der Waals surface area contributed by atoms with E-state index in [4.69, 9.17) is 0 Å². The van der Waals surface area contributed by atoms with Gasteiger partial charge in [-0.2, -0.15) is 0 Å². The molecule has 1 aromatic heterocycles. The maximum atomic E-state index is 14.7. The van der Waals surface area contributed by atoms with Gasteiger partial charge in [-0.25, -0.2) is 14.4 Å². The molecule has 0 atom stereocenters. The summed E-state index contributed by atoms with van der Waals surface area (Å²) < 4.78 is 14.7. The third-order valence-corrected chi connectivity index (χ3v) is 5.83. The molecule has 0 saturated carbocycles. The standard InChI is InChI=1S/C28H35FN2/c1-3-5-7-8-10-11-22-13-18-26(27(29)19-22)24-14-16-25(17-15-24)28-30-20-23(21-31-28)12-9-6-4-2/h13-21H,3-12H2,1-2H3. The van der Waals surface area contributed by atoms with Crippen LogP contribution in [-0.4, -0.2) is 9.97 Å². The largest absolute Gasteiger partial charge is 0.236 e. The zero-order chi connectivity index (χ0) is 21.9. The summed E-state index contributed by atoms with van der Waals surface area (Å²) in [7, 11) is 0. The summed E-state index contributed by atoms with van der Waals surface area (Å²) >= 11 is 0. The molecule has 0 aliphatic heterocycles. The number of hydrogen-bond donors (Lipinski definition) is 0. The fourth-order valence-corrected chi connectivity index (χ4v) is 3.89. The molecule has 1 heterocycles. The first-order chi connectivity index (χ1) is 15.2. The number of hydrogen-bond acceptors (Lipinski definition) is 2. The second-order valence-corrected chi connectivity index (χ2v) is 8.43. The second-order valence-electron chi connectivity index (χ2n) is 8.43. The molecule has 0 bridgehead atoms. The van der Waals surface area contributed by atoms with Gasteiger partial charge in [0.1, 0.15) is 5.82 Å². The van der Waals surface area contributed by atoms with Gasteiger partial charge in [-0.1, -0.05) is 88.8 Å². The molecular weight excluding hydrogens is 383 g/mol. The van der Waals surface area contributed by atoms with Crippen LogP contribution in [0.1, 0.15) is 76.3 Å². The van der Waals surface area contributed by atoms with Crippen molar-refractivity contribution in [2.45, 2.75) is 78.1 Å². The summed E-state index contributed by atoms with van der Waals surface area (Å²) in [5.74, 6) is 0.566. The zero-order valence-electron chi connectivity index (χ0n) is 19.0. The highest BCUT2D eigenvalue weighted by Crippen LogP contribution is 2.26. The van der Waals surface area contributed by atoms with Crippen molar-refractivity contribution in [3.63, 3.8) is 0 Å². The fraction of sp³-hybridized carbons (Fsp3) is 0.429. The van der Waals surface area contributed by atoms with Crippen LogP contribution in [0.3, 0.4) is 0 Å². The van der Waals surface area contributed by atoms with Crippen LogP contribution in [0, 0.1) is 5.82 Å². The molecule has 0 saturated heterocycles. The first-order valence-electron chi connectivity index (χ1n) is 11.9. The lowest BCUT2D eigenvalue weighted by Crippen LogP contribution is -1.94. The first-order valence-corrected chi connectivity index (χ1v) is 11.9. The van der Waals surface area contributed by atoms with Gasteiger partial charge in [0.15, 0.2) is 5.82 Å². The van der Waals surface area contributed by atoms with E-state index in [1.54, 1.807) is 6.07 Å². The lowest BCUT2D eigenvalue weighted by atomic mass is 9.99. The molecule has 3 rings (SSSR count). The predicted octanol–water partition coefficient (Wildman–Crippen LogP) is 8.20. The molecule has 3 aromatic rings. The van der Waals surface area contributed by atoms with Gasteiger partial charge in [0.05, 0.1) is 0 Å². The van der Waals surface area contributed by atoms with Crippen molar-refractivity contribution in [1.29, 1.82) is 0 Å². The van der Waals surface area contributed by atoms with E-state index in [0.717, 1.165) is 36.0 Å². The van der Waals surface area contributed by atoms with E-state index >= 15 is 0 Å². The van der Waals surface area contributed by atoms with E-state index in [1.165, 1.54) is 50.5 Å². The second kappa shape index (κ2) is 12.3. The van der Waals surface area contributed by atoms with Gasteiger partial charge in [0.25, 0.3) is 0 Å². The average molecular weight is 419 g/mol. The zero-order valence-corrected chi connectivity index (χ0v) is 19.0. The number of aryl methyl sites for hydroxylation is 2. The Labute approximate surface area is 187 Å². The molecule has 0 N–H and O–H groups in total. The van der Waals surface area contributed by atoms with Gasteiger partial charge in [-0.3, -0.25) is 0 Å². The van der Waals surface area contributed by atoms with E-state index in [9.17, 15) is 4.39 Å². The fourth-order valence-electron chi connectivity index (χ4n) is 3.89. The minimum atomic E-state index is -0.147. The molecule has 0 amide bonds. The van der Waals surface area contributed by atoms with Crippen LogP contribution in [0.4, 0.5) is 4.39 Å². The number of nitrogens with zero attached hydrogens (tertiary/aromatic N) is 2. The molecule has 3 heteroatoms. The summed E-state index contributed by atoms with van der Waals surface area (Å²) in [5.41, 5.74) is 4.75. The maximum absolute atomic E-state index is 14.7. The van der Waals surface area contributed by atoms with Crippen LogP contribution >= 0.6 is 0 Å². The Morgan fingerprint density at radius 1 is 0.645 bits per heavy atom. The molecule has 164 valence electrons. The van der Waals surface area contributed by atoms with Crippen molar-refractivity contribution < 1.29 is 4.39 Å². The summed E-state index contributed by atoms with van der Waals surface area (Å²) in [6.45, 7) is 4.43. The molecule has 0 radical (unpaired) electrons. The Hall–Kier alpha value is -2.55. The van der Waals surface area contributed by atoms with Crippen molar-refractivity contribution in [2.24, 2.45) is 0 Å². The highest BCUT2D eigenvalue weighted by molar-refractivity contribution is 5.68. The lowest BCUT2D eigenvalue weighted by molar-refractivity contribution is 0.618. The van der Waals surface area contributed by atoms with Gasteiger partial charge < -0.3 is 0 Å². The first kappa shape index (κ1) is 23.1. The summed E-state index contributed by atoms with van der Waals surface area (Å²) in [6.07, 6.45) is 15.6. The van der Waals surface area contributed by atoms with Gasteiger partial charge in [0.2, 0.25) is 0 Å². The van der Waals surface area contributed by atoms with E-state index < -0.39 is 0 Å². The van der Waals surface area contributed by atoms with Gasteiger partial charge in [0, 0.05) is 23.5 Å². The molecule has 0 unspecified atom stereocenters. The molecule has 2 nitrogen and oxygen atoms in total. The van der Waals surface area contributed by atoms with Gasteiger partial charge >= 0.3 is 0 Å². The number of aromatic nitrogens is 2. The maximum Gasteiger partial charge on any atom is 0.159 e. The highest BCUT2D eigenvalue weighted by atomic mass is 19.1. The molecule has 0 aliphatic carbocycles. The van der Waals surface area contributed by atoms with Crippen LogP contribution < -0.4 is 0 Å². The minimum Gasteiger partial charge on any atom is -0.236 e. The number of benzene rings is 2. The number of halogens is 1. The number of rotatable bonds is 12. The third-order valence-electron chi connectivity index (χ3n) is 5.83.